The molecule has 0 atom stereocenters. The van der Waals surface area contributed by atoms with Gasteiger partial charge in [-0.2, -0.15) is 0 Å². The van der Waals surface area contributed by atoms with E-state index in [0.717, 1.165) is 0 Å². The van der Waals surface area contributed by atoms with E-state index >= 15 is 0 Å². The molecule has 0 bridgehead atoms. The zero-order valence-electron chi connectivity index (χ0n) is 12.3. The summed E-state index contributed by atoms with van der Waals surface area (Å²) in [5.41, 5.74) is 8.07. The van der Waals surface area contributed by atoms with Crippen LogP contribution in [-0.4, -0.2) is 33.6 Å². The second-order valence-electron chi connectivity index (χ2n) is 4.73. The van der Waals surface area contributed by atoms with Gasteiger partial charge in [-0.25, -0.2) is 5.10 Å². The van der Waals surface area contributed by atoms with Crippen molar-refractivity contribution in [2.75, 3.05) is 18.2 Å². The number of rotatable bonds is 4. The highest BCUT2D eigenvalue weighted by atomic mass is 16.5. The van der Waals surface area contributed by atoms with E-state index in [1.807, 2.05) is 0 Å². The van der Waals surface area contributed by atoms with Gasteiger partial charge in [-0.05, 0) is 52.9 Å². The summed E-state index contributed by atoms with van der Waals surface area (Å²) < 4.78 is 5.07. The first-order valence-corrected chi connectivity index (χ1v) is 6.76. The summed E-state index contributed by atoms with van der Waals surface area (Å²) >= 11 is 0. The third-order valence-electron chi connectivity index (χ3n) is 3.27. The van der Waals surface area contributed by atoms with Gasteiger partial charge in [-0.15, -0.1) is 5.10 Å². The van der Waals surface area contributed by atoms with Crippen LogP contribution in [0.4, 0.5) is 11.4 Å². The smallest absolute Gasteiger partial charge is 0.255 e. The Morgan fingerprint density at radius 2 is 2.00 bits per heavy atom. The van der Waals surface area contributed by atoms with Crippen molar-refractivity contribution in [2.45, 2.75) is 0 Å². The Bertz CT molecular complexity index is 814. The summed E-state index contributed by atoms with van der Waals surface area (Å²) in [5, 5.41) is 16.3. The molecular formula is C15H14N6O2. The summed E-state index contributed by atoms with van der Waals surface area (Å²) in [6.07, 6.45) is 0. The first kappa shape index (κ1) is 14.5. The Kier molecular flexibility index (Phi) is 3.88. The molecular weight excluding hydrogens is 296 g/mol. The number of benzene rings is 2. The maximum Gasteiger partial charge on any atom is 0.255 e. The lowest BCUT2D eigenvalue weighted by atomic mass is 10.1. The molecule has 0 fully saturated rings. The predicted octanol–water partition coefficient (Wildman–Crippen LogP) is 1.71. The number of carbonyl (C=O) groups excluding carboxylic acids is 1. The highest BCUT2D eigenvalue weighted by Gasteiger charge is 2.11. The zero-order chi connectivity index (χ0) is 16.2. The standard InChI is InChI=1S/C15H14N6O2/c1-23-11-5-2-9(3-6-11)15(22)17-13-8-10(4-7-12(13)16)14-18-20-21-19-14/h2-8H,16H2,1H3,(H,17,22)(H,18,19,20,21). The average molecular weight is 310 g/mol. The number of anilines is 2. The molecule has 3 rings (SSSR count). The first-order valence-electron chi connectivity index (χ1n) is 6.76. The fourth-order valence-electron chi connectivity index (χ4n) is 2.03. The Morgan fingerprint density at radius 3 is 2.65 bits per heavy atom. The van der Waals surface area contributed by atoms with Crippen LogP contribution in [0, 0.1) is 0 Å². The summed E-state index contributed by atoms with van der Waals surface area (Å²) in [4.78, 5) is 12.3. The summed E-state index contributed by atoms with van der Waals surface area (Å²) in [5.74, 6) is 0.901. The highest BCUT2D eigenvalue weighted by Crippen LogP contribution is 2.25. The number of nitrogen functional groups attached to an aromatic ring is 1. The van der Waals surface area contributed by atoms with E-state index in [4.69, 9.17) is 10.5 Å². The van der Waals surface area contributed by atoms with Gasteiger partial charge in [0.05, 0.1) is 18.5 Å². The minimum atomic E-state index is -0.271. The number of aromatic amines is 1. The Balaban J connectivity index is 1.83. The van der Waals surface area contributed by atoms with Crippen LogP contribution < -0.4 is 15.8 Å². The quantitative estimate of drug-likeness (QED) is 0.631. The molecule has 0 saturated carbocycles. The number of nitrogens with one attached hydrogen (secondary N) is 2. The van der Waals surface area contributed by atoms with Crippen LogP contribution in [0.3, 0.4) is 0 Å². The van der Waals surface area contributed by atoms with Crippen molar-refractivity contribution < 1.29 is 9.53 Å². The van der Waals surface area contributed by atoms with Gasteiger partial charge in [-0.1, -0.05) is 0 Å². The van der Waals surface area contributed by atoms with Crippen LogP contribution in [0.5, 0.6) is 5.75 Å². The molecule has 4 N–H and O–H groups in total. The number of amides is 1. The van der Waals surface area contributed by atoms with E-state index in [1.165, 1.54) is 0 Å². The monoisotopic (exact) mass is 310 g/mol. The van der Waals surface area contributed by atoms with Crippen molar-refractivity contribution in [1.82, 2.24) is 20.6 Å². The number of aromatic nitrogens is 4. The number of ether oxygens (including phenoxy) is 1. The van der Waals surface area contributed by atoms with Crippen LogP contribution in [-0.2, 0) is 0 Å². The number of hydrogen-bond donors (Lipinski definition) is 3. The van der Waals surface area contributed by atoms with E-state index in [1.54, 1.807) is 49.6 Å². The summed E-state index contributed by atoms with van der Waals surface area (Å²) in [6.45, 7) is 0. The van der Waals surface area contributed by atoms with Gasteiger partial charge >= 0.3 is 0 Å². The predicted molar refractivity (Wildman–Crippen MR) is 85.0 cm³/mol. The van der Waals surface area contributed by atoms with Crippen molar-refractivity contribution in [3.8, 4) is 17.1 Å². The number of methoxy groups -OCH3 is 1. The van der Waals surface area contributed by atoms with Crippen LogP contribution in [0.25, 0.3) is 11.4 Å². The molecule has 0 saturated heterocycles. The lowest BCUT2D eigenvalue weighted by Gasteiger charge is -2.10. The van der Waals surface area contributed by atoms with Crippen LogP contribution in [0.1, 0.15) is 10.4 Å². The van der Waals surface area contributed by atoms with Crippen molar-refractivity contribution in [2.24, 2.45) is 0 Å². The second-order valence-corrected chi connectivity index (χ2v) is 4.73. The van der Waals surface area contributed by atoms with Gasteiger partial charge in [0.1, 0.15) is 5.75 Å². The lowest BCUT2D eigenvalue weighted by molar-refractivity contribution is 0.102. The van der Waals surface area contributed by atoms with Crippen LogP contribution in [0.15, 0.2) is 42.5 Å². The molecule has 23 heavy (non-hydrogen) atoms. The van der Waals surface area contributed by atoms with Crippen molar-refractivity contribution >= 4 is 17.3 Å². The molecule has 0 aliphatic heterocycles. The molecule has 1 aromatic heterocycles. The van der Waals surface area contributed by atoms with Crippen molar-refractivity contribution in [3.05, 3.63) is 48.0 Å². The number of nitrogens with zero attached hydrogens (tertiary/aromatic N) is 3. The van der Waals surface area contributed by atoms with Crippen molar-refractivity contribution in [3.63, 3.8) is 0 Å². The van der Waals surface area contributed by atoms with E-state index in [0.29, 0.717) is 34.1 Å². The molecule has 0 aliphatic rings. The first-order chi connectivity index (χ1) is 11.2. The van der Waals surface area contributed by atoms with E-state index < -0.39 is 0 Å². The number of tetrazole rings is 1. The van der Waals surface area contributed by atoms with Crippen LogP contribution in [0.2, 0.25) is 0 Å². The minimum Gasteiger partial charge on any atom is -0.497 e. The van der Waals surface area contributed by atoms with E-state index in [2.05, 4.69) is 25.9 Å². The molecule has 1 heterocycles. The molecule has 8 nitrogen and oxygen atoms in total. The van der Waals surface area contributed by atoms with E-state index in [9.17, 15) is 4.79 Å². The maximum atomic E-state index is 12.3. The molecule has 3 aromatic rings. The lowest BCUT2D eigenvalue weighted by Crippen LogP contribution is -2.13. The van der Waals surface area contributed by atoms with E-state index in [-0.39, 0.29) is 5.91 Å². The zero-order valence-corrected chi connectivity index (χ0v) is 12.3. The summed E-state index contributed by atoms with van der Waals surface area (Å²) in [7, 11) is 1.57. The fraction of sp³-hybridized carbons (Fsp3) is 0.0667. The van der Waals surface area contributed by atoms with Gasteiger partial charge in [0, 0.05) is 11.1 Å². The number of H-pyrrole nitrogens is 1. The molecule has 0 unspecified atom stereocenters. The van der Waals surface area contributed by atoms with Gasteiger partial charge in [0.25, 0.3) is 5.91 Å². The Labute approximate surface area is 131 Å². The molecule has 2 aromatic carbocycles. The second kappa shape index (κ2) is 6.14. The maximum absolute atomic E-state index is 12.3. The normalized spacial score (nSPS) is 10.3. The van der Waals surface area contributed by atoms with Gasteiger partial charge < -0.3 is 15.8 Å². The number of nitrogens with two attached hydrogens (primary N) is 1. The average Bonchev–Trinajstić information content (AvgIpc) is 3.11. The largest absolute Gasteiger partial charge is 0.497 e. The van der Waals surface area contributed by atoms with Gasteiger partial charge in [0.15, 0.2) is 5.82 Å². The molecule has 1 amide bonds. The SMILES string of the molecule is COc1ccc(C(=O)Nc2cc(-c3nnn[nH]3)ccc2N)cc1. The number of carbonyl (C=O) groups is 1. The van der Waals surface area contributed by atoms with Crippen molar-refractivity contribution in [1.29, 1.82) is 0 Å². The van der Waals surface area contributed by atoms with Gasteiger partial charge in [0.2, 0.25) is 0 Å². The van der Waals surface area contributed by atoms with Gasteiger partial charge in [-0.3, -0.25) is 4.79 Å². The minimum absolute atomic E-state index is 0.271. The molecule has 0 radical (unpaired) electrons. The third kappa shape index (κ3) is 3.10. The summed E-state index contributed by atoms with van der Waals surface area (Å²) in [6, 6.07) is 11.9. The topological polar surface area (TPSA) is 119 Å². The molecule has 116 valence electrons. The fourth-order valence-corrected chi connectivity index (χ4v) is 2.03. The van der Waals surface area contributed by atoms with Crippen LogP contribution >= 0.6 is 0 Å². The number of hydrogen-bond acceptors (Lipinski definition) is 6. The Morgan fingerprint density at radius 1 is 1.22 bits per heavy atom. The highest BCUT2D eigenvalue weighted by molar-refractivity contribution is 6.06. The molecule has 8 heteroatoms. The molecule has 0 aliphatic carbocycles. The molecule has 0 spiro atoms. The third-order valence-corrected chi connectivity index (χ3v) is 3.27. The Hall–Kier alpha value is -3.42.